The molecule has 1 N–H and O–H groups in total. The molecule has 0 amide bonds. The molecule has 0 saturated carbocycles. The van der Waals surface area contributed by atoms with Gasteiger partial charge >= 0.3 is 0 Å². The van der Waals surface area contributed by atoms with E-state index in [1.54, 1.807) is 18.2 Å². The van der Waals surface area contributed by atoms with Crippen LogP contribution < -0.4 is 5.32 Å². The van der Waals surface area contributed by atoms with Gasteiger partial charge in [-0.15, -0.1) is 0 Å². The molecule has 88 valence electrons. The van der Waals surface area contributed by atoms with Crippen LogP contribution in [0.2, 0.25) is 0 Å². The van der Waals surface area contributed by atoms with Crippen LogP contribution in [0.25, 0.3) is 0 Å². The third-order valence-electron chi connectivity index (χ3n) is 2.99. The lowest BCUT2D eigenvalue weighted by Gasteiger charge is -2.17. The molecule has 0 fully saturated rings. The SMILES string of the molecule is C[C@H](Cn1cncn1)NCC1=CCCCC1. The van der Waals surface area contributed by atoms with Crippen LogP contribution in [0.4, 0.5) is 0 Å². The first-order valence-electron chi connectivity index (χ1n) is 6.08. The Morgan fingerprint density at radius 3 is 3.12 bits per heavy atom. The van der Waals surface area contributed by atoms with Crippen molar-refractivity contribution in [2.24, 2.45) is 0 Å². The second kappa shape index (κ2) is 5.80. The highest BCUT2D eigenvalue weighted by atomic mass is 15.3. The zero-order chi connectivity index (χ0) is 11.2. The molecule has 16 heavy (non-hydrogen) atoms. The van der Waals surface area contributed by atoms with Gasteiger partial charge in [0.15, 0.2) is 0 Å². The molecule has 0 radical (unpaired) electrons. The normalized spacial score (nSPS) is 18.2. The van der Waals surface area contributed by atoms with Gasteiger partial charge in [0, 0.05) is 12.6 Å². The van der Waals surface area contributed by atoms with E-state index in [9.17, 15) is 0 Å². The lowest BCUT2D eigenvalue weighted by molar-refractivity contribution is 0.459. The van der Waals surface area contributed by atoms with Crippen molar-refractivity contribution in [3.05, 3.63) is 24.3 Å². The number of allylic oxidation sites excluding steroid dienone is 1. The van der Waals surface area contributed by atoms with Crippen molar-refractivity contribution >= 4 is 0 Å². The average molecular weight is 220 g/mol. The summed E-state index contributed by atoms with van der Waals surface area (Å²) in [7, 11) is 0. The predicted molar refractivity (Wildman–Crippen MR) is 64.0 cm³/mol. The lowest BCUT2D eigenvalue weighted by atomic mass is 9.99. The highest BCUT2D eigenvalue weighted by Gasteiger charge is 2.06. The smallest absolute Gasteiger partial charge is 0.137 e. The van der Waals surface area contributed by atoms with Gasteiger partial charge < -0.3 is 5.32 Å². The molecule has 0 bridgehead atoms. The van der Waals surface area contributed by atoms with Crippen molar-refractivity contribution in [1.82, 2.24) is 20.1 Å². The van der Waals surface area contributed by atoms with Gasteiger partial charge in [-0.2, -0.15) is 5.10 Å². The van der Waals surface area contributed by atoms with Crippen LogP contribution in [0.1, 0.15) is 32.6 Å². The number of hydrogen-bond donors (Lipinski definition) is 1. The molecule has 1 aromatic heterocycles. The quantitative estimate of drug-likeness (QED) is 0.769. The molecule has 4 heteroatoms. The molecular weight excluding hydrogens is 200 g/mol. The minimum Gasteiger partial charge on any atom is -0.309 e. The van der Waals surface area contributed by atoms with E-state index in [2.05, 4.69) is 28.4 Å². The highest BCUT2D eigenvalue weighted by Crippen LogP contribution is 2.16. The largest absolute Gasteiger partial charge is 0.309 e. The van der Waals surface area contributed by atoms with Gasteiger partial charge in [0.1, 0.15) is 12.7 Å². The van der Waals surface area contributed by atoms with E-state index in [0.717, 1.165) is 13.1 Å². The summed E-state index contributed by atoms with van der Waals surface area (Å²) in [5, 5.41) is 7.64. The average Bonchev–Trinajstić information content (AvgIpc) is 2.81. The summed E-state index contributed by atoms with van der Waals surface area (Å²) < 4.78 is 1.87. The molecule has 1 aromatic rings. The van der Waals surface area contributed by atoms with Gasteiger partial charge in [0.2, 0.25) is 0 Å². The number of nitrogens with one attached hydrogen (secondary N) is 1. The van der Waals surface area contributed by atoms with Gasteiger partial charge in [0.05, 0.1) is 6.54 Å². The Bertz CT molecular complexity index is 329. The first kappa shape index (κ1) is 11.3. The van der Waals surface area contributed by atoms with Gasteiger partial charge in [-0.1, -0.05) is 11.6 Å². The monoisotopic (exact) mass is 220 g/mol. The fourth-order valence-electron chi connectivity index (χ4n) is 2.04. The fourth-order valence-corrected chi connectivity index (χ4v) is 2.04. The van der Waals surface area contributed by atoms with Crippen LogP contribution in [0.3, 0.4) is 0 Å². The number of aromatic nitrogens is 3. The summed E-state index contributed by atoms with van der Waals surface area (Å²) in [4.78, 5) is 3.94. The highest BCUT2D eigenvalue weighted by molar-refractivity contribution is 5.06. The summed E-state index contributed by atoms with van der Waals surface area (Å²) in [6.45, 7) is 4.09. The molecule has 0 saturated heterocycles. The summed E-state index contributed by atoms with van der Waals surface area (Å²) in [6.07, 6.45) is 11.0. The first-order chi connectivity index (χ1) is 7.84. The molecule has 4 nitrogen and oxygen atoms in total. The molecular formula is C12H20N4. The summed E-state index contributed by atoms with van der Waals surface area (Å²) in [6, 6.07) is 0.435. The van der Waals surface area contributed by atoms with Crippen molar-refractivity contribution < 1.29 is 0 Å². The Morgan fingerprint density at radius 2 is 2.44 bits per heavy atom. The topological polar surface area (TPSA) is 42.7 Å². The van der Waals surface area contributed by atoms with E-state index in [1.807, 2.05) is 4.68 Å². The van der Waals surface area contributed by atoms with E-state index < -0.39 is 0 Å². The zero-order valence-corrected chi connectivity index (χ0v) is 9.89. The third-order valence-corrected chi connectivity index (χ3v) is 2.99. The maximum Gasteiger partial charge on any atom is 0.137 e. The van der Waals surface area contributed by atoms with E-state index in [0.29, 0.717) is 6.04 Å². The number of rotatable bonds is 5. The summed E-state index contributed by atoms with van der Waals surface area (Å²) >= 11 is 0. The Hall–Kier alpha value is -1.16. The molecule has 0 aliphatic heterocycles. The van der Waals surface area contributed by atoms with Crippen LogP contribution in [0, 0.1) is 0 Å². The lowest BCUT2D eigenvalue weighted by Crippen LogP contribution is -2.32. The minimum atomic E-state index is 0.435. The van der Waals surface area contributed by atoms with Gasteiger partial charge in [0.25, 0.3) is 0 Å². The Labute approximate surface area is 96.8 Å². The zero-order valence-electron chi connectivity index (χ0n) is 9.89. The van der Waals surface area contributed by atoms with Crippen LogP contribution in [-0.2, 0) is 6.54 Å². The fraction of sp³-hybridized carbons (Fsp3) is 0.667. The molecule has 1 atom stereocenters. The van der Waals surface area contributed by atoms with E-state index in [1.165, 1.54) is 25.7 Å². The predicted octanol–water partition coefficient (Wildman–Crippen LogP) is 1.76. The third kappa shape index (κ3) is 3.45. The second-order valence-electron chi connectivity index (χ2n) is 4.51. The molecule has 1 heterocycles. The number of hydrogen-bond acceptors (Lipinski definition) is 3. The minimum absolute atomic E-state index is 0.435. The molecule has 0 aromatic carbocycles. The molecule has 0 unspecified atom stereocenters. The van der Waals surface area contributed by atoms with Crippen LogP contribution in [0.15, 0.2) is 24.3 Å². The molecule has 0 spiro atoms. The van der Waals surface area contributed by atoms with Gasteiger partial charge in [-0.05, 0) is 32.6 Å². The maximum absolute atomic E-state index is 4.10. The van der Waals surface area contributed by atoms with Crippen LogP contribution in [0.5, 0.6) is 0 Å². The van der Waals surface area contributed by atoms with Crippen molar-refractivity contribution in [3.8, 4) is 0 Å². The van der Waals surface area contributed by atoms with Crippen molar-refractivity contribution in [2.75, 3.05) is 6.54 Å². The molecule has 1 aliphatic rings. The van der Waals surface area contributed by atoms with E-state index in [4.69, 9.17) is 0 Å². The number of nitrogens with zero attached hydrogens (tertiary/aromatic N) is 3. The summed E-state index contributed by atoms with van der Waals surface area (Å²) in [5.41, 5.74) is 1.57. The van der Waals surface area contributed by atoms with Gasteiger partial charge in [-0.25, -0.2) is 4.98 Å². The van der Waals surface area contributed by atoms with Crippen LogP contribution in [-0.4, -0.2) is 27.4 Å². The van der Waals surface area contributed by atoms with Crippen molar-refractivity contribution in [3.63, 3.8) is 0 Å². The Morgan fingerprint density at radius 1 is 1.50 bits per heavy atom. The molecule has 1 aliphatic carbocycles. The second-order valence-corrected chi connectivity index (χ2v) is 4.51. The van der Waals surface area contributed by atoms with Crippen molar-refractivity contribution in [2.45, 2.75) is 45.2 Å². The van der Waals surface area contributed by atoms with Gasteiger partial charge in [-0.3, -0.25) is 4.68 Å². The van der Waals surface area contributed by atoms with Crippen molar-refractivity contribution in [1.29, 1.82) is 0 Å². The Kier molecular flexibility index (Phi) is 4.10. The van der Waals surface area contributed by atoms with E-state index >= 15 is 0 Å². The maximum atomic E-state index is 4.10. The summed E-state index contributed by atoms with van der Waals surface area (Å²) in [5.74, 6) is 0. The molecule has 2 rings (SSSR count). The van der Waals surface area contributed by atoms with Crippen LogP contribution >= 0.6 is 0 Å². The first-order valence-corrected chi connectivity index (χ1v) is 6.08. The Balaban J connectivity index is 1.71. The van der Waals surface area contributed by atoms with E-state index in [-0.39, 0.29) is 0 Å². The standard InChI is InChI=1S/C12H20N4/c1-11(8-16-10-13-9-15-16)14-7-12-5-3-2-4-6-12/h5,9-11,14H,2-4,6-8H2,1H3/t11-/m1/s1.